The van der Waals surface area contributed by atoms with Crippen LogP contribution in [0, 0.1) is 3.57 Å². The zero-order valence-electron chi connectivity index (χ0n) is 11.4. The molecule has 0 atom stereocenters. The molecule has 0 fully saturated rings. The van der Waals surface area contributed by atoms with Crippen molar-refractivity contribution in [2.45, 2.75) is 0 Å². The summed E-state index contributed by atoms with van der Waals surface area (Å²) in [4.78, 5) is 12.2. The monoisotopic (exact) mass is 417 g/mol. The first-order valence-corrected chi connectivity index (χ1v) is 7.49. The van der Waals surface area contributed by atoms with E-state index < -0.39 is 0 Å². The average Bonchev–Trinajstić information content (AvgIpc) is 2.50. The quantitative estimate of drug-likeness (QED) is 0.758. The molecule has 0 aromatic heterocycles. The number of ether oxygens (including phenoxy) is 2. The van der Waals surface area contributed by atoms with Gasteiger partial charge in [-0.1, -0.05) is 11.6 Å². The Bertz CT molecular complexity index is 676. The van der Waals surface area contributed by atoms with Crippen LogP contribution in [0.25, 0.3) is 0 Å². The second kappa shape index (κ2) is 7.00. The molecule has 0 heterocycles. The molecule has 0 saturated carbocycles. The van der Waals surface area contributed by atoms with Crippen LogP contribution in [0.2, 0.25) is 5.02 Å². The van der Waals surface area contributed by atoms with Crippen LogP contribution in [-0.2, 0) is 0 Å². The molecular weight excluding hydrogens is 405 g/mol. The lowest BCUT2D eigenvalue weighted by atomic mass is 10.2. The van der Waals surface area contributed by atoms with Crippen molar-refractivity contribution in [1.82, 2.24) is 0 Å². The standard InChI is InChI=1S/C15H13ClINO3/c1-20-10-4-6-13(14(8-10)21-2)18-15(19)9-3-5-12(17)11(16)7-9/h3-8H,1-2H3,(H,18,19). The van der Waals surface area contributed by atoms with Crippen molar-refractivity contribution >= 4 is 45.8 Å². The summed E-state index contributed by atoms with van der Waals surface area (Å²) in [6.45, 7) is 0. The summed E-state index contributed by atoms with van der Waals surface area (Å²) < 4.78 is 11.3. The molecule has 0 spiro atoms. The Balaban J connectivity index is 2.24. The van der Waals surface area contributed by atoms with E-state index in [1.165, 1.54) is 7.11 Å². The lowest BCUT2D eigenvalue weighted by molar-refractivity contribution is 0.102. The van der Waals surface area contributed by atoms with E-state index in [0.717, 1.165) is 3.57 Å². The molecule has 2 aromatic carbocycles. The minimum Gasteiger partial charge on any atom is -0.497 e. The van der Waals surface area contributed by atoms with Gasteiger partial charge in [-0.2, -0.15) is 0 Å². The van der Waals surface area contributed by atoms with E-state index in [0.29, 0.717) is 27.8 Å². The summed E-state index contributed by atoms with van der Waals surface area (Å²) in [7, 11) is 3.10. The van der Waals surface area contributed by atoms with E-state index in [2.05, 4.69) is 27.9 Å². The van der Waals surface area contributed by atoms with Crippen molar-refractivity contribution in [1.29, 1.82) is 0 Å². The molecule has 2 aromatic rings. The van der Waals surface area contributed by atoms with Gasteiger partial charge < -0.3 is 14.8 Å². The van der Waals surface area contributed by atoms with Gasteiger partial charge in [0, 0.05) is 15.2 Å². The smallest absolute Gasteiger partial charge is 0.255 e. The largest absolute Gasteiger partial charge is 0.497 e. The van der Waals surface area contributed by atoms with Crippen LogP contribution in [-0.4, -0.2) is 20.1 Å². The van der Waals surface area contributed by atoms with E-state index in [1.807, 2.05) is 0 Å². The van der Waals surface area contributed by atoms with E-state index in [9.17, 15) is 4.79 Å². The van der Waals surface area contributed by atoms with Crippen LogP contribution in [0.5, 0.6) is 11.5 Å². The Morgan fingerprint density at radius 2 is 1.90 bits per heavy atom. The lowest BCUT2D eigenvalue weighted by Crippen LogP contribution is -2.12. The Labute approximate surface area is 141 Å². The number of hydrogen-bond acceptors (Lipinski definition) is 3. The molecule has 4 nitrogen and oxygen atoms in total. The van der Waals surface area contributed by atoms with Crippen molar-refractivity contribution in [3.05, 3.63) is 50.6 Å². The molecule has 0 radical (unpaired) electrons. The zero-order valence-corrected chi connectivity index (χ0v) is 14.4. The molecule has 0 aliphatic rings. The first-order valence-electron chi connectivity index (χ1n) is 6.03. The summed E-state index contributed by atoms with van der Waals surface area (Å²) in [5.41, 5.74) is 1.05. The van der Waals surface area contributed by atoms with Crippen LogP contribution < -0.4 is 14.8 Å². The van der Waals surface area contributed by atoms with Crippen LogP contribution in [0.3, 0.4) is 0 Å². The summed E-state index contributed by atoms with van der Waals surface area (Å²) >= 11 is 8.14. The number of hydrogen-bond donors (Lipinski definition) is 1. The number of nitrogens with one attached hydrogen (secondary N) is 1. The van der Waals surface area contributed by atoms with E-state index in [4.69, 9.17) is 21.1 Å². The fourth-order valence-corrected chi connectivity index (χ4v) is 2.25. The van der Waals surface area contributed by atoms with Crippen molar-refractivity contribution in [2.75, 3.05) is 19.5 Å². The molecule has 110 valence electrons. The van der Waals surface area contributed by atoms with Gasteiger partial charge in [0.05, 0.1) is 24.9 Å². The van der Waals surface area contributed by atoms with Crippen LogP contribution in [0.1, 0.15) is 10.4 Å². The first-order chi connectivity index (χ1) is 10.0. The third-order valence-electron chi connectivity index (χ3n) is 2.84. The van der Waals surface area contributed by atoms with Crippen LogP contribution in [0.4, 0.5) is 5.69 Å². The molecule has 0 saturated heterocycles. The van der Waals surface area contributed by atoms with E-state index in [-0.39, 0.29) is 5.91 Å². The maximum atomic E-state index is 12.2. The minimum absolute atomic E-state index is 0.253. The molecule has 21 heavy (non-hydrogen) atoms. The zero-order chi connectivity index (χ0) is 15.4. The molecule has 0 aliphatic carbocycles. The third kappa shape index (κ3) is 3.79. The van der Waals surface area contributed by atoms with Gasteiger partial charge >= 0.3 is 0 Å². The van der Waals surface area contributed by atoms with Gasteiger partial charge in [-0.3, -0.25) is 4.79 Å². The maximum Gasteiger partial charge on any atom is 0.255 e. The molecule has 2 rings (SSSR count). The number of halogens is 2. The normalized spacial score (nSPS) is 10.1. The second-order valence-corrected chi connectivity index (χ2v) is 5.72. The fourth-order valence-electron chi connectivity index (χ4n) is 1.73. The average molecular weight is 418 g/mol. The van der Waals surface area contributed by atoms with Crippen molar-refractivity contribution in [2.24, 2.45) is 0 Å². The summed E-state index contributed by atoms with van der Waals surface area (Å²) in [5.74, 6) is 0.929. The molecular formula is C15H13ClINO3. The Morgan fingerprint density at radius 3 is 2.52 bits per heavy atom. The number of amides is 1. The number of carbonyl (C=O) groups is 1. The predicted molar refractivity (Wildman–Crippen MR) is 91.7 cm³/mol. The highest BCUT2D eigenvalue weighted by molar-refractivity contribution is 14.1. The maximum absolute atomic E-state index is 12.2. The topological polar surface area (TPSA) is 47.6 Å². The number of rotatable bonds is 4. The highest BCUT2D eigenvalue weighted by Crippen LogP contribution is 2.29. The van der Waals surface area contributed by atoms with Gasteiger partial charge in [-0.25, -0.2) is 0 Å². The van der Waals surface area contributed by atoms with Gasteiger partial charge in [-0.15, -0.1) is 0 Å². The third-order valence-corrected chi connectivity index (χ3v) is 4.41. The lowest BCUT2D eigenvalue weighted by Gasteiger charge is -2.12. The van der Waals surface area contributed by atoms with Crippen LogP contribution >= 0.6 is 34.2 Å². The van der Waals surface area contributed by atoms with Crippen molar-refractivity contribution < 1.29 is 14.3 Å². The molecule has 0 bridgehead atoms. The molecule has 0 aliphatic heterocycles. The van der Waals surface area contributed by atoms with E-state index >= 15 is 0 Å². The molecule has 0 unspecified atom stereocenters. The molecule has 1 N–H and O–H groups in total. The fraction of sp³-hybridized carbons (Fsp3) is 0.133. The summed E-state index contributed by atoms with van der Waals surface area (Å²) in [6.07, 6.45) is 0. The number of carbonyl (C=O) groups excluding carboxylic acids is 1. The van der Waals surface area contributed by atoms with Crippen LogP contribution in [0.15, 0.2) is 36.4 Å². The Morgan fingerprint density at radius 1 is 1.14 bits per heavy atom. The van der Waals surface area contributed by atoms with Gasteiger partial charge in [-0.05, 0) is 52.9 Å². The number of anilines is 1. The highest BCUT2D eigenvalue weighted by Gasteiger charge is 2.12. The molecule has 6 heteroatoms. The Kier molecular flexibility index (Phi) is 5.30. The minimum atomic E-state index is -0.253. The van der Waals surface area contributed by atoms with Gasteiger partial charge in [0.15, 0.2) is 0 Å². The summed E-state index contributed by atoms with van der Waals surface area (Å²) in [5, 5.41) is 3.34. The highest BCUT2D eigenvalue weighted by atomic mass is 127. The van der Waals surface area contributed by atoms with Gasteiger partial charge in [0.2, 0.25) is 0 Å². The van der Waals surface area contributed by atoms with Gasteiger partial charge in [0.1, 0.15) is 11.5 Å². The van der Waals surface area contributed by atoms with Crippen molar-refractivity contribution in [3.8, 4) is 11.5 Å². The second-order valence-electron chi connectivity index (χ2n) is 4.15. The van der Waals surface area contributed by atoms with Crippen molar-refractivity contribution in [3.63, 3.8) is 0 Å². The molecule has 1 amide bonds. The predicted octanol–water partition coefficient (Wildman–Crippen LogP) is 4.21. The van der Waals surface area contributed by atoms with E-state index in [1.54, 1.807) is 43.5 Å². The number of benzene rings is 2. The number of methoxy groups -OCH3 is 2. The first kappa shape index (κ1) is 15.9. The van der Waals surface area contributed by atoms with Gasteiger partial charge in [0.25, 0.3) is 5.91 Å². The Hall–Kier alpha value is -1.47. The SMILES string of the molecule is COc1ccc(NC(=O)c2ccc(I)c(Cl)c2)c(OC)c1. The summed E-state index contributed by atoms with van der Waals surface area (Å²) in [6, 6.07) is 10.3.